The lowest BCUT2D eigenvalue weighted by Gasteiger charge is -2.11. The second-order valence-electron chi connectivity index (χ2n) is 7.66. The molecular formula is C23H19F3N6O3. The van der Waals surface area contributed by atoms with Crippen LogP contribution in [-0.2, 0) is 24.1 Å². The van der Waals surface area contributed by atoms with Crippen LogP contribution < -0.4 is 10.6 Å². The van der Waals surface area contributed by atoms with E-state index in [2.05, 4.69) is 25.7 Å². The number of alkyl halides is 3. The van der Waals surface area contributed by atoms with E-state index in [-0.39, 0.29) is 17.8 Å². The highest BCUT2D eigenvalue weighted by atomic mass is 19.4. The van der Waals surface area contributed by atoms with Crippen molar-refractivity contribution < 1.29 is 27.9 Å². The first-order chi connectivity index (χ1) is 16.6. The van der Waals surface area contributed by atoms with Crippen molar-refractivity contribution >= 4 is 34.3 Å². The SMILES string of the molecule is Cc1cc(C(F)(F)F)nn1CC(=O)Nc1cccc(CNc2ncnc3c(C(=O)O)cccc23)c1. The Morgan fingerprint density at radius 2 is 1.86 bits per heavy atom. The van der Waals surface area contributed by atoms with Gasteiger partial charge in [-0.3, -0.25) is 9.48 Å². The van der Waals surface area contributed by atoms with Crippen LogP contribution in [-0.4, -0.2) is 36.7 Å². The summed E-state index contributed by atoms with van der Waals surface area (Å²) in [7, 11) is 0. The van der Waals surface area contributed by atoms with Crippen molar-refractivity contribution in [2.75, 3.05) is 10.6 Å². The number of carboxylic acid groups (broad SMARTS) is 1. The average molecular weight is 484 g/mol. The zero-order valence-electron chi connectivity index (χ0n) is 18.3. The van der Waals surface area contributed by atoms with Gasteiger partial charge in [-0.25, -0.2) is 14.8 Å². The van der Waals surface area contributed by atoms with Crippen LogP contribution in [0, 0.1) is 6.92 Å². The van der Waals surface area contributed by atoms with Gasteiger partial charge in [0, 0.05) is 23.3 Å². The molecule has 0 radical (unpaired) electrons. The molecule has 0 unspecified atom stereocenters. The molecule has 0 aliphatic heterocycles. The fourth-order valence-corrected chi connectivity index (χ4v) is 3.49. The summed E-state index contributed by atoms with van der Waals surface area (Å²) < 4.78 is 39.5. The van der Waals surface area contributed by atoms with Gasteiger partial charge in [-0.2, -0.15) is 18.3 Å². The van der Waals surface area contributed by atoms with Crippen molar-refractivity contribution in [3.63, 3.8) is 0 Å². The first-order valence-electron chi connectivity index (χ1n) is 10.3. The number of carboxylic acids is 1. The Kier molecular flexibility index (Phi) is 6.36. The number of hydrogen-bond acceptors (Lipinski definition) is 6. The Bertz CT molecular complexity index is 1420. The lowest BCUT2D eigenvalue weighted by molar-refractivity contribution is -0.141. The maximum absolute atomic E-state index is 12.8. The molecule has 0 aliphatic carbocycles. The molecule has 12 heteroatoms. The molecule has 4 rings (SSSR count). The molecule has 2 aromatic heterocycles. The Labute approximate surface area is 196 Å². The lowest BCUT2D eigenvalue weighted by atomic mass is 10.1. The zero-order chi connectivity index (χ0) is 25.2. The summed E-state index contributed by atoms with van der Waals surface area (Å²) in [6.45, 7) is 1.38. The second-order valence-corrected chi connectivity index (χ2v) is 7.66. The maximum Gasteiger partial charge on any atom is 0.435 e. The smallest absolute Gasteiger partial charge is 0.435 e. The Hall–Kier alpha value is -4.48. The van der Waals surface area contributed by atoms with E-state index >= 15 is 0 Å². The number of amides is 1. The van der Waals surface area contributed by atoms with Gasteiger partial charge in [-0.1, -0.05) is 18.2 Å². The van der Waals surface area contributed by atoms with E-state index in [4.69, 9.17) is 0 Å². The molecule has 180 valence electrons. The van der Waals surface area contributed by atoms with Gasteiger partial charge < -0.3 is 15.7 Å². The third-order valence-electron chi connectivity index (χ3n) is 5.13. The summed E-state index contributed by atoms with van der Waals surface area (Å²) in [5.74, 6) is -1.18. The van der Waals surface area contributed by atoms with Gasteiger partial charge in [0.1, 0.15) is 18.7 Å². The van der Waals surface area contributed by atoms with Crippen molar-refractivity contribution in [1.29, 1.82) is 0 Å². The van der Waals surface area contributed by atoms with Crippen LogP contribution in [0.2, 0.25) is 0 Å². The monoisotopic (exact) mass is 484 g/mol. The predicted molar refractivity (Wildman–Crippen MR) is 121 cm³/mol. The summed E-state index contributed by atoms with van der Waals surface area (Å²) in [4.78, 5) is 32.1. The molecule has 0 saturated heterocycles. The summed E-state index contributed by atoms with van der Waals surface area (Å²) in [5, 5.41) is 19.2. The van der Waals surface area contributed by atoms with E-state index in [1.54, 1.807) is 30.3 Å². The quantitative estimate of drug-likeness (QED) is 0.361. The minimum atomic E-state index is -4.59. The standard InChI is InChI=1S/C23H19F3N6O3/c1-13-8-18(23(24,25)26)31-32(13)11-19(33)30-15-5-2-4-14(9-15)10-27-21-16-6-3-7-17(22(34)35)20(16)28-12-29-21/h2-9,12H,10-11H2,1H3,(H,30,33)(H,34,35)(H,27,28,29). The molecule has 9 nitrogen and oxygen atoms in total. The minimum absolute atomic E-state index is 0.0624. The van der Waals surface area contributed by atoms with E-state index in [0.717, 1.165) is 16.3 Å². The van der Waals surface area contributed by atoms with Crippen LogP contribution >= 0.6 is 0 Å². The van der Waals surface area contributed by atoms with E-state index < -0.39 is 23.7 Å². The van der Waals surface area contributed by atoms with Crippen LogP contribution in [0.25, 0.3) is 10.9 Å². The number of aryl methyl sites for hydroxylation is 1. The summed E-state index contributed by atoms with van der Waals surface area (Å²) in [6.07, 6.45) is -3.31. The van der Waals surface area contributed by atoms with E-state index in [9.17, 15) is 27.9 Å². The number of aromatic nitrogens is 4. The average Bonchev–Trinajstić information content (AvgIpc) is 3.18. The van der Waals surface area contributed by atoms with Crippen molar-refractivity contribution in [2.24, 2.45) is 0 Å². The molecule has 0 saturated carbocycles. The van der Waals surface area contributed by atoms with Crippen molar-refractivity contribution in [1.82, 2.24) is 19.7 Å². The Morgan fingerprint density at radius 3 is 2.57 bits per heavy atom. The number of fused-ring (bicyclic) bond motifs is 1. The number of benzene rings is 2. The van der Waals surface area contributed by atoms with E-state index in [0.29, 0.717) is 29.0 Å². The van der Waals surface area contributed by atoms with E-state index in [1.165, 1.54) is 19.3 Å². The molecule has 0 aliphatic rings. The zero-order valence-corrected chi connectivity index (χ0v) is 18.3. The number of rotatable bonds is 7. The number of para-hydroxylation sites is 1. The normalized spacial score (nSPS) is 11.4. The number of carbonyl (C=O) groups excluding carboxylic acids is 1. The molecule has 2 heterocycles. The summed E-state index contributed by atoms with van der Waals surface area (Å²) in [6, 6.07) is 12.5. The number of nitrogens with zero attached hydrogens (tertiary/aromatic N) is 4. The molecule has 4 aromatic rings. The molecule has 1 amide bonds. The number of anilines is 2. The van der Waals surface area contributed by atoms with Crippen molar-refractivity contribution in [3.8, 4) is 0 Å². The van der Waals surface area contributed by atoms with Crippen LogP contribution in [0.5, 0.6) is 0 Å². The van der Waals surface area contributed by atoms with Gasteiger partial charge >= 0.3 is 12.1 Å². The van der Waals surface area contributed by atoms with Gasteiger partial charge in [0.25, 0.3) is 0 Å². The molecule has 35 heavy (non-hydrogen) atoms. The van der Waals surface area contributed by atoms with Crippen molar-refractivity contribution in [3.05, 3.63) is 77.4 Å². The summed E-state index contributed by atoms with van der Waals surface area (Å²) in [5.41, 5.74) is 0.764. The lowest BCUT2D eigenvalue weighted by Crippen LogP contribution is -2.21. The second kappa shape index (κ2) is 9.41. The minimum Gasteiger partial charge on any atom is -0.478 e. The number of aromatic carboxylic acids is 1. The fourth-order valence-electron chi connectivity index (χ4n) is 3.49. The molecule has 0 atom stereocenters. The third kappa shape index (κ3) is 5.37. The molecule has 3 N–H and O–H groups in total. The van der Waals surface area contributed by atoms with Crippen molar-refractivity contribution in [2.45, 2.75) is 26.2 Å². The van der Waals surface area contributed by atoms with Gasteiger partial charge in [0.15, 0.2) is 5.69 Å². The number of carbonyl (C=O) groups is 2. The van der Waals surface area contributed by atoms with Gasteiger partial charge in [-0.05, 0) is 42.8 Å². The molecule has 0 spiro atoms. The molecule has 0 bridgehead atoms. The number of halogens is 3. The first kappa shape index (κ1) is 23.7. The molecule has 2 aromatic carbocycles. The first-order valence-corrected chi connectivity index (χ1v) is 10.3. The maximum atomic E-state index is 12.8. The largest absolute Gasteiger partial charge is 0.478 e. The Balaban J connectivity index is 1.44. The summed E-state index contributed by atoms with van der Waals surface area (Å²) >= 11 is 0. The van der Waals surface area contributed by atoms with Crippen LogP contribution in [0.15, 0.2) is 54.9 Å². The highest BCUT2D eigenvalue weighted by Crippen LogP contribution is 2.28. The Morgan fingerprint density at radius 1 is 1.09 bits per heavy atom. The predicted octanol–water partition coefficient (Wildman–Crippen LogP) is 4.10. The van der Waals surface area contributed by atoms with E-state index in [1.807, 2.05) is 6.07 Å². The van der Waals surface area contributed by atoms with Gasteiger partial charge in [0.05, 0.1) is 11.1 Å². The number of hydrogen-bond donors (Lipinski definition) is 3. The fraction of sp³-hybridized carbons (Fsp3) is 0.174. The topological polar surface area (TPSA) is 122 Å². The van der Waals surface area contributed by atoms with Crippen LogP contribution in [0.3, 0.4) is 0 Å². The highest BCUT2D eigenvalue weighted by molar-refractivity contribution is 6.04. The van der Waals surface area contributed by atoms with Crippen LogP contribution in [0.4, 0.5) is 24.7 Å². The highest BCUT2D eigenvalue weighted by Gasteiger charge is 2.34. The number of nitrogens with one attached hydrogen (secondary N) is 2. The molecule has 0 fully saturated rings. The molecular weight excluding hydrogens is 465 g/mol. The third-order valence-corrected chi connectivity index (χ3v) is 5.13. The van der Waals surface area contributed by atoms with Gasteiger partial charge in [0.2, 0.25) is 5.91 Å². The van der Waals surface area contributed by atoms with Crippen LogP contribution in [0.1, 0.15) is 27.3 Å². The van der Waals surface area contributed by atoms with Gasteiger partial charge in [-0.15, -0.1) is 0 Å².